The molecular weight excluding hydrogens is 354 g/mol. The average molecular weight is 377 g/mol. The summed E-state index contributed by atoms with van der Waals surface area (Å²) in [4.78, 5) is 15.9. The van der Waals surface area contributed by atoms with E-state index in [0.717, 1.165) is 6.42 Å². The van der Waals surface area contributed by atoms with Crippen LogP contribution in [0.1, 0.15) is 25.8 Å². The summed E-state index contributed by atoms with van der Waals surface area (Å²) in [7, 11) is 0. The number of alkyl halides is 2. The van der Waals surface area contributed by atoms with Gasteiger partial charge in [-0.15, -0.1) is 0 Å². The summed E-state index contributed by atoms with van der Waals surface area (Å²) < 4.78 is 29.4. The minimum absolute atomic E-state index is 0.0136. The number of carbonyl (C=O) groups is 1. The van der Waals surface area contributed by atoms with Crippen molar-refractivity contribution in [3.05, 3.63) is 28.8 Å². The van der Waals surface area contributed by atoms with Crippen LogP contribution < -0.4 is 20.7 Å². The van der Waals surface area contributed by atoms with Crippen molar-refractivity contribution in [2.75, 3.05) is 19.6 Å². The Morgan fingerprint density at radius 1 is 1.28 bits per heavy atom. The Balaban J connectivity index is 2.76. The van der Waals surface area contributed by atoms with E-state index in [-0.39, 0.29) is 24.7 Å². The quantitative estimate of drug-likeness (QED) is 0.457. The number of amides is 1. The van der Waals surface area contributed by atoms with Crippen molar-refractivity contribution in [2.24, 2.45) is 4.99 Å². The lowest BCUT2D eigenvalue weighted by atomic mass is 10.2. The standard InChI is InChI=1S/C16H23ClF2N4O2/c1-3-7-21-14(24)10-23-16(20-4-2)22-9-11-8-12(17)5-6-13(11)25-15(18)19/h5-6,8,15H,3-4,7,9-10H2,1-2H3,(H,21,24)(H2,20,22,23). The van der Waals surface area contributed by atoms with E-state index in [1.807, 2.05) is 13.8 Å². The third kappa shape index (κ3) is 8.53. The van der Waals surface area contributed by atoms with E-state index in [2.05, 4.69) is 25.7 Å². The first-order chi connectivity index (χ1) is 12.0. The number of carbonyl (C=O) groups excluding carboxylic acids is 1. The molecule has 25 heavy (non-hydrogen) atoms. The Labute approximate surface area is 151 Å². The van der Waals surface area contributed by atoms with Crippen molar-refractivity contribution in [3.8, 4) is 5.75 Å². The molecule has 6 nitrogen and oxygen atoms in total. The molecule has 0 aromatic heterocycles. The molecule has 0 fully saturated rings. The Morgan fingerprint density at radius 2 is 2.04 bits per heavy atom. The fourth-order valence-corrected chi connectivity index (χ4v) is 2.07. The highest BCUT2D eigenvalue weighted by Gasteiger charge is 2.10. The van der Waals surface area contributed by atoms with Gasteiger partial charge < -0.3 is 20.7 Å². The summed E-state index contributed by atoms with van der Waals surface area (Å²) in [5.41, 5.74) is 0.417. The predicted octanol–water partition coefficient (Wildman–Crippen LogP) is 2.52. The smallest absolute Gasteiger partial charge is 0.387 e. The average Bonchev–Trinajstić information content (AvgIpc) is 2.57. The molecule has 0 saturated heterocycles. The molecule has 0 bridgehead atoms. The molecule has 0 unspecified atom stereocenters. The molecule has 140 valence electrons. The van der Waals surface area contributed by atoms with Crippen LogP contribution in [0, 0.1) is 0 Å². The Kier molecular flexibility index (Phi) is 9.61. The van der Waals surface area contributed by atoms with Gasteiger partial charge in [0.1, 0.15) is 5.75 Å². The molecule has 0 atom stereocenters. The van der Waals surface area contributed by atoms with Crippen molar-refractivity contribution >= 4 is 23.5 Å². The molecule has 0 aliphatic carbocycles. The van der Waals surface area contributed by atoms with Gasteiger partial charge in [0.15, 0.2) is 5.96 Å². The van der Waals surface area contributed by atoms with Crippen LogP contribution in [-0.4, -0.2) is 38.1 Å². The van der Waals surface area contributed by atoms with E-state index in [0.29, 0.717) is 29.6 Å². The van der Waals surface area contributed by atoms with E-state index in [4.69, 9.17) is 11.6 Å². The second kappa shape index (κ2) is 11.5. The number of benzene rings is 1. The highest BCUT2D eigenvalue weighted by Crippen LogP contribution is 2.25. The molecular formula is C16H23ClF2N4O2. The van der Waals surface area contributed by atoms with Gasteiger partial charge >= 0.3 is 6.61 Å². The zero-order chi connectivity index (χ0) is 18.7. The minimum Gasteiger partial charge on any atom is -0.434 e. The number of nitrogens with zero attached hydrogens (tertiary/aromatic N) is 1. The molecule has 1 aromatic rings. The van der Waals surface area contributed by atoms with E-state index in [1.54, 1.807) is 0 Å². The fourth-order valence-electron chi connectivity index (χ4n) is 1.88. The van der Waals surface area contributed by atoms with Gasteiger partial charge in [-0.2, -0.15) is 8.78 Å². The van der Waals surface area contributed by atoms with Crippen LogP contribution >= 0.6 is 11.6 Å². The molecule has 9 heteroatoms. The molecule has 0 radical (unpaired) electrons. The summed E-state index contributed by atoms with van der Waals surface area (Å²) in [6.07, 6.45) is 0.849. The number of halogens is 3. The molecule has 1 amide bonds. The summed E-state index contributed by atoms with van der Waals surface area (Å²) in [6, 6.07) is 4.35. The second-order valence-electron chi connectivity index (χ2n) is 5.03. The highest BCUT2D eigenvalue weighted by molar-refractivity contribution is 6.30. The normalized spacial score (nSPS) is 11.4. The van der Waals surface area contributed by atoms with Crippen molar-refractivity contribution < 1.29 is 18.3 Å². The first-order valence-corrected chi connectivity index (χ1v) is 8.36. The van der Waals surface area contributed by atoms with Gasteiger partial charge in [0.05, 0.1) is 13.1 Å². The number of hydrogen-bond acceptors (Lipinski definition) is 3. The van der Waals surface area contributed by atoms with Crippen LogP contribution in [0.15, 0.2) is 23.2 Å². The third-order valence-electron chi connectivity index (χ3n) is 2.98. The Morgan fingerprint density at radius 3 is 2.68 bits per heavy atom. The van der Waals surface area contributed by atoms with Gasteiger partial charge in [0.25, 0.3) is 0 Å². The molecule has 0 aliphatic rings. The van der Waals surface area contributed by atoms with Gasteiger partial charge in [-0.05, 0) is 31.5 Å². The van der Waals surface area contributed by atoms with Gasteiger partial charge in [-0.1, -0.05) is 18.5 Å². The zero-order valence-electron chi connectivity index (χ0n) is 14.2. The van der Waals surface area contributed by atoms with E-state index >= 15 is 0 Å². The number of hydrogen-bond donors (Lipinski definition) is 3. The largest absolute Gasteiger partial charge is 0.434 e. The Bertz CT molecular complexity index is 585. The third-order valence-corrected chi connectivity index (χ3v) is 3.21. The van der Waals surface area contributed by atoms with E-state index in [9.17, 15) is 13.6 Å². The Hall–Kier alpha value is -2.09. The zero-order valence-corrected chi connectivity index (χ0v) is 15.0. The maximum Gasteiger partial charge on any atom is 0.387 e. The SMILES string of the molecule is CCCNC(=O)CNC(=NCc1cc(Cl)ccc1OC(F)F)NCC. The molecule has 0 saturated carbocycles. The number of nitrogens with one attached hydrogen (secondary N) is 3. The van der Waals surface area contributed by atoms with Crippen molar-refractivity contribution in [1.29, 1.82) is 0 Å². The molecule has 1 rings (SSSR count). The molecule has 3 N–H and O–H groups in total. The van der Waals surface area contributed by atoms with Gasteiger partial charge in [0, 0.05) is 23.7 Å². The van der Waals surface area contributed by atoms with Crippen molar-refractivity contribution in [2.45, 2.75) is 33.4 Å². The van der Waals surface area contributed by atoms with Crippen molar-refractivity contribution in [1.82, 2.24) is 16.0 Å². The first-order valence-electron chi connectivity index (χ1n) is 7.98. The lowest BCUT2D eigenvalue weighted by Gasteiger charge is -2.13. The fraction of sp³-hybridized carbons (Fsp3) is 0.500. The maximum atomic E-state index is 12.5. The molecule has 1 aromatic carbocycles. The molecule has 0 spiro atoms. The number of aliphatic imine (C=N–C) groups is 1. The van der Waals surface area contributed by atoms with Crippen molar-refractivity contribution in [3.63, 3.8) is 0 Å². The first kappa shape index (κ1) is 21.0. The lowest BCUT2D eigenvalue weighted by molar-refractivity contribution is -0.120. The van der Waals surface area contributed by atoms with Gasteiger partial charge in [-0.25, -0.2) is 4.99 Å². The van der Waals surface area contributed by atoms with Crippen LogP contribution in [0.25, 0.3) is 0 Å². The van der Waals surface area contributed by atoms with Crippen LogP contribution in [-0.2, 0) is 11.3 Å². The second-order valence-corrected chi connectivity index (χ2v) is 5.47. The van der Waals surface area contributed by atoms with Gasteiger partial charge in [-0.3, -0.25) is 4.79 Å². The summed E-state index contributed by atoms with van der Waals surface area (Å²) in [5.74, 6) is 0.244. The monoisotopic (exact) mass is 376 g/mol. The number of rotatable bonds is 9. The van der Waals surface area contributed by atoms with E-state index < -0.39 is 6.61 Å². The number of guanidine groups is 1. The van der Waals surface area contributed by atoms with Gasteiger partial charge in [0.2, 0.25) is 5.91 Å². The molecule has 0 heterocycles. The highest BCUT2D eigenvalue weighted by atomic mass is 35.5. The van der Waals surface area contributed by atoms with Crippen LogP contribution in [0.2, 0.25) is 5.02 Å². The van der Waals surface area contributed by atoms with E-state index in [1.165, 1.54) is 18.2 Å². The number of ether oxygens (including phenoxy) is 1. The lowest BCUT2D eigenvalue weighted by Crippen LogP contribution is -2.43. The van der Waals surface area contributed by atoms with Crippen LogP contribution in [0.5, 0.6) is 5.75 Å². The minimum atomic E-state index is -2.93. The summed E-state index contributed by atoms with van der Waals surface area (Å²) in [6.45, 7) is 2.21. The predicted molar refractivity (Wildman–Crippen MR) is 94.2 cm³/mol. The van der Waals surface area contributed by atoms with Crippen LogP contribution in [0.3, 0.4) is 0 Å². The molecule has 0 aliphatic heterocycles. The van der Waals surface area contributed by atoms with Crippen LogP contribution in [0.4, 0.5) is 8.78 Å². The topological polar surface area (TPSA) is 74.8 Å². The maximum absolute atomic E-state index is 12.5. The summed E-state index contributed by atoms with van der Waals surface area (Å²) >= 11 is 5.91. The summed E-state index contributed by atoms with van der Waals surface area (Å²) in [5, 5.41) is 8.98.